The van der Waals surface area contributed by atoms with E-state index < -0.39 is 0 Å². The average molecular weight is 218 g/mol. The van der Waals surface area contributed by atoms with Crippen molar-refractivity contribution < 1.29 is 0 Å². The van der Waals surface area contributed by atoms with E-state index in [1.807, 2.05) is 0 Å². The molecule has 2 nitrogen and oxygen atoms in total. The number of nitrogens with zero attached hydrogens (tertiary/aromatic N) is 1. The van der Waals surface area contributed by atoms with Gasteiger partial charge in [0.1, 0.15) is 0 Å². The van der Waals surface area contributed by atoms with E-state index in [0.29, 0.717) is 12.1 Å². The van der Waals surface area contributed by atoms with Crippen LogP contribution in [0.25, 0.3) is 0 Å². The SMILES string of the molecule is CC[C@@H]1CN[C@@H](C)CN1Cc1ccccc1. The van der Waals surface area contributed by atoms with Crippen LogP contribution in [0.3, 0.4) is 0 Å². The van der Waals surface area contributed by atoms with E-state index in [9.17, 15) is 0 Å². The third-order valence-electron chi connectivity index (χ3n) is 3.43. The Kier molecular flexibility index (Phi) is 3.97. The molecule has 2 atom stereocenters. The highest BCUT2D eigenvalue weighted by atomic mass is 15.2. The second kappa shape index (κ2) is 5.46. The summed E-state index contributed by atoms with van der Waals surface area (Å²) in [4.78, 5) is 2.61. The van der Waals surface area contributed by atoms with Crippen molar-refractivity contribution >= 4 is 0 Å². The lowest BCUT2D eigenvalue weighted by Crippen LogP contribution is -2.54. The molecule has 1 aliphatic heterocycles. The Morgan fingerprint density at radius 1 is 1.31 bits per heavy atom. The molecule has 2 heteroatoms. The van der Waals surface area contributed by atoms with E-state index in [1.165, 1.54) is 12.0 Å². The summed E-state index contributed by atoms with van der Waals surface area (Å²) in [6.07, 6.45) is 1.23. The van der Waals surface area contributed by atoms with Gasteiger partial charge >= 0.3 is 0 Å². The second-order valence-corrected chi connectivity index (χ2v) is 4.79. The zero-order chi connectivity index (χ0) is 11.4. The van der Waals surface area contributed by atoms with Crippen molar-refractivity contribution in [2.24, 2.45) is 0 Å². The van der Waals surface area contributed by atoms with E-state index >= 15 is 0 Å². The van der Waals surface area contributed by atoms with E-state index in [-0.39, 0.29) is 0 Å². The van der Waals surface area contributed by atoms with Gasteiger partial charge in [0.15, 0.2) is 0 Å². The molecule has 0 bridgehead atoms. The summed E-state index contributed by atoms with van der Waals surface area (Å²) in [5.41, 5.74) is 1.43. The smallest absolute Gasteiger partial charge is 0.0237 e. The van der Waals surface area contributed by atoms with Crippen molar-refractivity contribution in [1.29, 1.82) is 0 Å². The van der Waals surface area contributed by atoms with Gasteiger partial charge in [-0.15, -0.1) is 0 Å². The van der Waals surface area contributed by atoms with Gasteiger partial charge in [0.2, 0.25) is 0 Å². The van der Waals surface area contributed by atoms with Crippen molar-refractivity contribution in [3.05, 3.63) is 35.9 Å². The molecular weight excluding hydrogens is 196 g/mol. The molecule has 0 radical (unpaired) electrons. The molecule has 0 amide bonds. The van der Waals surface area contributed by atoms with E-state index in [0.717, 1.165) is 19.6 Å². The number of rotatable bonds is 3. The summed E-state index contributed by atoms with van der Waals surface area (Å²) < 4.78 is 0. The summed E-state index contributed by atoms with van der Waals surface area (Å²) >= 11 is 0. The highest BCUT2D eigenvalue weighted by Gasteiger charge is 2.23. The van der Waals surface area contributed by atoms with Gasteiger partial charge in [-0.1, -0.05) is 37.3 Å². The summed E-state index contributed by atoms with van der Waals surface area (Å²) in [5.74, 6) is 0. The minimum atomic E-state index is 0.617. The van der Waals surface area contributed by atoms with Crippen LogP contribution < -0.4 is 5.32 Å². The number of benzene rings is 1. The minimum Gasteiger partial charge on any atom is -0.311 e. The molecule has 0 unspecified atom stereocenters. The Hall–Kier alpha value is -0.860. The van der Waals surface area contributed by atoms with Gasteiger partial charge in [0.05, 0.1) is 0 Å². The monoisotopic (exact) mass is 218 g/mol. The van der Waals surface area contributed by atoms with Crippen LogP contribution in [0.5, 0.6) is 0 Å². The lowest BCUT2D eigenvalue weighted by molar-refractivity contribution is 0.124. The minimum absolute atomic E-state index is 0.617. The van der Waals surface area contributed by atoms with Crippen molar-refractivity contribution in [1.82, 2.24) is 10.2 Å². The van der Waals surface area contributed by atoms with Crippen molar-refractivity contribution in [2.45, 2.75) is 38.9 Å². The summed E-state index contributed by atoms with van der Waals surface area (Å²) in [6.45, 7) is 7.92. The zero-order valence-corrected chi connectivity index (χ0v) is 10.3. The van der Waals surface area contributed by atoms with Crippen LogP contribution in [-0.4, -0.2) is 30.1 Å². The summed E-state index contributed by atoms with van der Waals surface area (Å²) in [5, 5.41) is 3.56. The first-order valence-corrected chi connectivity index (χ1v) is 6.31. The fraction of sp³-hybridized carbons (Fsp3) is 0.571. The maximum atomic E-state index is 3.56. The normalized spacial score (nSPS) is 26.9. The first-order valence-electron chi connectivity index (χ1n) is 6.31. The Balaban J connectivity index is 2.01. The molecule has 1 aliphatic rings. The number of hydrogen-bond donors (Lipinski definition) is 1. The zero-order valence-electron chi connectivity index (χ0n) is 10.3. The lowest BCUT2D eigenvalue weighted by Gasteiger charge is -2.39. The number of piperazine rings is 1. The first-order chi connectivity index (χ1) is 7.79. The van der Waals surface area contributed by atoms with Crippen molar-refractivity contribution in [3.63, 3.8) is 0 Å². The Morgan fingerprint density at radius 2 is 2.06 bits per heavy atom. The highest BCUT2D eigenvalue weighted by molar-refractivity contribution is 5.14. The van der Waals surface area contributed by atoms with Gasteiger partial charge in [-0.05, 0) is 18.9 Å². The molecule has 88 valence electrons. The maximum Gasteiger partial charge on any atom is 0.0237 e. The molecule has 0 saturated carbocycles. The molecule has 1 aromatic carbocycles. The van der Waals surface area contributed by atoms with E-state index in [4.69, 9.17) is 0 Å². The molecule has 0 aliphatic carbocycles. The van der Waals surface area contributed by atoms with Gasteiger partial charge in [0.25, 0.3) is 0 Å². The van der Waals surface area contributed by atoms with Crippen LogP contribution in [0.2, 0.25) is 0 Å². The number of nitrogens with one attached hydrogen (secondary N) is 1. The number of hydrogen-bond acceptors (Lipinski definition) is 2. The fourth-order valence-electron chi connectivity index (χ4n) is 2.45. The van der Waals surface area contributed by atoms with Gasteiger partial charge in [-0.2, -0.15) is 0 Å². The molecular formula is C14H22N2. The fourth-order valence-corrected chi connectivity index (χ4v) is 2.45. The Morgan fingerprint density at radius 3 is 2.75 bits per heavy atom. The molecule has 2 rings (SSSR count). The molecule has 0 spiro atoms. The van der Waals surface area contributed by atoms with Gasteiger partial charge < -0.3 is 5.32 Å². The quantitative estimate of drug-likeness (QED) is 0.837. The Labute approximate surface area is 98.7 Å². The van der Waals surface area contributed by atoms with Crippen molar-refractivity contribution in [2.75, 3.05) is 13.1 Å². The van der Waals surface area contributed by atoms with E-state index in [2.05, 4.69) is 54.4 Å². The average Bonchev–Trinajstić information content (AvgIpc) is 2.31. The van der Waals surface area contributed by atoms with Gasteiger partial charge in [-0.3, -0.25) is 4.90 Å². The molecule has 1 aromatic rings. The standard InChI is InChI=1S/C14H22N2/c1-3-14-9-15-12(2)10-16(14)11-13-7-5-4-6-8-13/h4-8,12,14-15H,3,9-11H2,1-2H3/t12-,14+/m0/s1. The van der Waals surface area contributed by atoms with Gasteiger partial charge in [-0.25, -0.2) is 0 Å². The topological polar surface area (TPSA) is 15.3 Å². The summed E-state index contributed by atoms with van der Waals surface area (Å²) in [7, 11) is 0. The lowest BCUT2D eigenvalue weighted by atomic mass is 10.1. The largest absolute Gasteiger partial charge is 0.311 e. The highest BCUT2D eigenvalue weighted by Crippen LogP contribution is 2.14. The second-order valence-electron chi connectivity index (χ2n) is 4.79. The molecule has 0 aromatic heterocycles. The predicted molar refractivity (Wildman–Crippen MR) is 68.4 cm³/mol. The predicted octanol–water partition coefficient (Wildman–Crippen LogP) is 2.26. The van der Waals surface area contributed by atoms with Crippen LogP contribution in [0, 0.1) is 0 Å². The molecule has 1 fully saturated rings. The summed E-state index contributed by atoms with van der Waals surface area (Å²) in [6, 6.07) is 12.1. The first kappa shape index (κ1) is 11.6. The molecule has 1 N–H and O–H groups in total. The maximum absolute atomic E-state index is 3.56. The van der Waals surface area contributed by atoms with Crippen molar-refractivity contribution in [3.8, 4) is 0 Å². The van der Waals surface area contributed by atoms with E-state index in [1.54, 1.807) is 0 Å². The van der Waals surface area contributed by atoms with Crippen LogP contribution in [0.1, 0.15) is 25.8 Å². The molecule has 1 heterocycles. The van der Waals surface area contributed by atoms with Crippen LogP contribution in [0.4, 0.5) is 0 Å². The van der Waals surface area contributed by atoms with Gasteiger partial charge in [0, 0.05) is 31.7 Å². The Bertz CT molecular complexity index is 310. The van der Waals surface area contributed by atoms with Crippen LogP contribution in [-0.2, 0) is 6.54 Å². The third kappa shape index (κ3) is 2.83. The van der Waals surface area contributed by atoms with Crippen LogP contribution >= 0.6 is 0 Å². The van der Waals surface area contributed by atoms with Crippen LogP contribution in [0.15, 0.2) is 30.3 Å². The third-order valence-corrected chi connectivity index (χ3v) is 3.43. The molecule has 16 heavy (non-hydrogen) atoms. The molecule has 1 saturated heterocycles.